The number of carboxylic acids is 1. The largest absolute Gasteiger partial charge is 0.478 e. The standard InChI is InChI=1S/C8H8O2.CH4O3S/c1-6-4-2-3-5-7(6)8(9)10;1-5(2,3)4/h2-5H,1H3,(H,9,10);1H3,(H,2,3,4). The van der Waals surface area contributed by atoms with Crippen molar-refractivity contribution in [3.8, 4) is 0 Å². The third kappa shape index (κ3) is 7.65. The van der Waals surface area contributed by atoms with Crippen molar-refractivity contribution in [3.63, 3.8) is 0 Å². The highest BCUT2D eigenvalue weighted by molar-refractivity contribution is 7.85. The third-order valence-corrected chi connectivity index (χ3v) is 1.38. The normalized spacial score (nSPS) is 10.1. The molecule has 0 heterocycles. The van der Waals surface area contributed by atoms with Crippen LogP contribution in [-0.2, 0) is 10.1 Å². The number of hydrogen-bond donors (Lipinski definition) is 2. The lowest BCUT2D eigenvalue weighted by Crippen LogP contribution is -1.97. The van der Waals surface area contributed by atoms with Crippen molar-refractivity contribution in [2.75, 3.05) is 6.26 Å². The molecule has 0 aliphatic carbocycles. The molecule has 0 aliphatic heterocycles. The van der Waals surface area contributed by atoms with E-state index < -0.39 is 16.1 Å². The molecule has 0 saturated carbocycles. The Kier molecular flexibility index (Phi) is 4.96. The van der Waals surface area contributed by atoms with Crippen molar-refractivity contribution in [2.45, 2.75) is 6.92 Å². The smallest absolute Gasteiger partial charge is 0.335 e. The molecular formula is C9H12O5S. The van der Waals surface area contributed by atoms with Gasteiger partial charge in [-0.05, 0) is 18.6 Å². The van der Waals surface area contributed by atoms with Crippen LogP contribution in [0.3, 0.4) is 0 Å². The minimum absolute atomic E-state index is 0.377. The van der Waals surface area contributed by atoms with Gasteiger partial charge in [0.15, 0.2) is 0 Å². The summed E-state index contributed by atoms with van der Waals surface area (Å²) in [6, 6.07) is 6.92. The van der Waals surface area contributed by atoms with E-state index in [9.17, 15) is 13.2 Å². The summed E-state index contributed by atoms with van der Waals surface area (Å²) in [6.45, 7) is 1.78. The molecule has 2 N–H and O–H groups in total. The fourth-order valence-electron chi connectivity index (χ4n) is 0.813. The van der Waals surface area contributed by atoms with E-state index in [0.29, 0.717) is 11.8 Å². The van der Waals surface area contributed by atoms with E-state index in [-0.39, 0.29) is 0 Å². The highest BCUT2D eigenvalue weighted by Crippen LogP contribution is 2.05. The van der Waals surface area contributed by atoms with E-state index in [1.807, 2.05) is 6.07 Å². The van der Waals surface area contributed by atoms with E-state index in [4.69, 9.17) is 9.66 Å². The van der Waals surface area contributed by atoms with Crippen molar-refractivity contribution in [2.24, 2.45) is 0 Å². The van der Waals surface area contributed by atoms with Gasteiger partial charge in [-0.25, -0.2) is 4.79 Å². The Hall–Kier alpha value is -1.40. The molecule has 0 aromatic heterocycles. The monoisotopic (exact) mass is 232 g/mol. The van der Waals surface area contributed by atoms with Gasteiger partial charge in [-0.3, -0.25) is 4.55 Å². The van der Waals surface area contributed by atoms with E-state index in [0.717, 1.165) is 5.56 Å². The Morgan fingerprint density at radius 3 is 1.93 bits per heavy atom. The Morgan fingerprint density at radius 2 is 1.67 bits per heavy atom. The number of carbonyl (C=O) groups is 1. The van der Waals surface area contributed by atoms with Gasteiger partial charge in [-0.2, -0.15) is 8.42 Å². The van der Waals surface area contributed by atoms with Gasteiger partial charge in [-0.1, -0.05) is 18.2 Å². The molecule has 6 heteroatoms. The number of hydrogen-bond acceptors (Lipinski definition) is 3. The Labute approximate surface area is 88.1 Å². The van der Waals surface area contributed by atoms with Crippen LogP contribution in [0.25, 0.3) is 0 Å². The predicted molar refractivity (Wildman–Crippen MR) is 55.6 cm³/mol. The van der Waals surface area contributed by atoms with Gasteiger partial charge in [0.25, 0.3) is 10.1 Å². The van der Waals surface area contributed by atoms with Gasteiger partial charge in [0.05, 0.1) is 11.8 Å². The third-order valence-electron chi connectivity index (χ3n) is 1.38. The number of aromatic carboxylic acids is 1. The summed E-state index contributed by atoms with van der Waals surface area (Å²) in [5.74, 6) is -0.863. The van der Waals surface area contributed by atoms with Gasteiger partial charge in [-0.15, -0.1) is 0 Å². The second-order valence-electron chi connectivity index (χ2n) is 2.85. The Morgan fingerprint density at radius 1 is 1.27 bits per heavy atom. The highest BCUT2D eigenvalue weighted by Gasteiger charge is 2.02. The first-order chi connectivity index (χ1) is 6.72. The molecule has 1 rings (SSSR count). The molecule has 0 amide bonds. The maximum atomic E-state index is 10.4. The van der Waals surface area contributed by atoms with Gasteiger partial charge < -0.3 is 5.11 Å². The van der Waals surface area contributed by atoms with Gasteiger partial charge in [0.1, 0.15) is 0 Å². The van der Waals surface area contributed by atoms with Crippen LogP contribution in [0.15, 0.2) is 24.3 Å². The van der Waals surface area contributed by atoms with Crippen LogP contribution < -0.4 is 0 Å². The molecule has 0 bridgehead atoms. The van der Waals surface area contributed by atoms with Crippen LogP contribution >= 0.6 is 0 Å². The molecule has 0 spiro atoms. The molecule has 0 aliphatic rings. The van der Waals surface area contributed by atoms with Gasteiger partial charge in [0, 0.05) is 0 Å². The first-order valence-corrected chi connectivity index (χ1v) is 5.78. The van der Waals surface area contributed by atoms with Crippen molar-refractivity contribution in [3.05, 3.63) is 35.4 Å². The molecule has 5 nitrogen and oxygen atoms in total. The van der Waals surface area contributed by atoms with Crippen LogP contribution in [-0.4, -0.2) is 30.3 Å². The maximum Gasteiger partial charge on any atom is 0.335 e. The zero-order valence-corrected chi connectivity index (χ0v) is 9.15. The molecule has 1 aromatic carbocycles. The van der Waals surface area contributed by atoms with Crippen molar-refractivity contribution in [1.82, 2.24) is 0 Å². The van der Waals surface area contributed by atoms with E-state index in [1.165, 1.54) is 0 Å². The lowest BCUT2D eigenvalue weighted by atomic mass is 10.1. The average molecular weight is 232 g/mol. The quantitative estimate of drug-likeness (QED) is 0.710. The maximum absolute atomic E-state index is 10.4. The molecule has 1 aromatic rings. The molecule has 0 saturated heterocycles. The first-order valence-electron chi connectivity index (χ1n) is 3.93. The minimum atomic E-state index is -3.67. The molecule has 15 heavy (non-hydrogen) atoms. The number of rotatable bonds is 1. The SMILES string of the molecule is CS(=O)(=O)O.Cc1ccccc1C(=O)O. The molecule has 0 radical (unpaired) electrons. The zero-order chi connectivity index (χ0) is 12.1. The summed E-state index contributed by atoms with van der Waals surface area (Å²) in [6.07, 6.45) is 0.715. The van der Waals surface area contributed by atoms with Gasteiger partial charge >= 0.3 is 5.97 Å². The Balaban J connectivity index is 0.000000336. The number of aryl methyl sites for hydroxylation is 1. The molecule has 0 atom stereocenters. The lowest BCUT2D eigenvalue weighted by Gasteiger charge is -1.96. The fraction of sp³-hybridized carbons (Fsp3) is 0.222. The minimum Gasteiger partial charge on any atom is -0.478 e. The molecule has 84 valence electrons. The zero-order valence-electron chi connectivity index (χ0n) is 8.34. The second-order valence-corrected chi connectivity index (χ2v) is 4.32. The number of benzene rings is 1. The van der Waals surface area contributed by atoms with E-state index >= 15 is 0 Å². The highest BCUT2D eigenvalue weighted by atomic mass is 32.2. The summed E-state index contributed by atoms with van der Waals surface area (Å²) < 4.78 is 25.9. The van der Waals surface area contributed by atoms with Crippen molar-refractivity contribution < 1.29 is 22.9 Å². The van der Waals surface area contributed by atoms with Crippen molar-refractivity contribution in [1.29, 1.82) is 0 Å². The molecule has 0 unspecified atom stereocenters. The first kappa shape index (κ1) is 13.6. The van der Waals surface area contributed by atoms with Crippen molar-refractivity contribution >= 4 is 16.1 Å². The summed E-state index contributed by atoms with van der Waals surface area (Å²) in [4.78, 5) is 10.4. The summed E-state index contributed by atoms with van der Waals surface area (Å²) in [5.41, 5.74) is 1.18. The summed E-state index contributed by atoms with van der Waals surface area (Å²) >= 11 is 0. The van der Waals surface area contributed by atoms with Crippen LogP contribution in [0.4, 0.5) is 0 Å². The second kappa shape index (κ2) is 5.47. The molecular weight excluding hydrogens is 220 g/mol. The van der Waals surface area contributed by atoms with Crippen LogP contribution in [0.2, 0.25) is 0 Å². The number of carboxylic acid groups (broad SMARTS) is 1. The van der Waals surface area contributed by atoms with E-state index in [1.54, 1.807) is 25.1 Å². The predicted octanol–water partition coefficient (Wildman–Crippen LogP) is 1.20. The van der Waals surface area contributed by atoms with Crippen LogP contribution in [0.1, 0.15) is 15.9 Å². The average Bonchev–Trinajstić information content (AvgIpc) is 2.01. The lowest BCUT2D eigenvalue weighted by molar-refractivity contribution is 0.0696. The Bertz CT molecular complexity index is 428. The summed E-state index contributed by atoms with van der Waals surface area (Å²) in [5, 5.41) is 8.57. The van der Waals surface area contributed by atoms with Gasteiger partial charge in [0.2, 0.25) is 0 Å². The van der Waals surface area contributed by atoms with Crippen LogP contribution in [0.5, 0.6) is 0 Å². The topological polar surface area (TPSA) is 91.7 Å². The summed E-state index contributed by atoms with van der Waals surface area (Å²) in [7, 11) is -3.67. The molecule has 0 fully saturated rings. The fourth-order valence-corrected chi connectivity index (χ4v) is 0.813. The van der Waals surface area contributed by atoms with Crippen LogP contribution in [0, 0.1) is 6.92 Å². The van der Waals surface area contributed by atoms with E-state index in [2.05, 4.69) is 0 Å².